The van der Waals surface area contributed by atoms with Crippen LogP contribution in [0.1, 0.15) is 219 Å². The molecule has 2 fully saturated rings. The molecule has 2 aliphatic rings. The van der Waals surface area contributed by atoms with Gasteiger partial charge in [-0.15, -0.1) is 0 Å². The largest absolute Gasteiger partial charge is 0.463 e. The van der Waals surface area contributed by atoms with Gasteiger partial charge in [-0.1, -0.05) is 200 Å². The summed E-state index contributed by atoms with van der Waals surface area (Å²) in [6.07, 6.45) is 44.6. The molecule has 2 heterocycles. The number of carbonyl (C=O) groups excluding carboxylic acids is 1. The van der Waals surface area contributed by atoms with Crippen molar-refractivity contribution in [3.8, 4) is 0 Å². The van der Waals surface area contributed by atoms with Crippen LogP contribution in [0.15, 0.2) is 0 Å². The lowest BCUT2D eigenvalue weighted by atomic mass is 9.78. The average Bonchev–Trinajstić information content (AvgIpc) is 4.00. The number of hydrogen-bond donors (Lipinski definition) is 0. The maximum Gasteiger partial charge on any atom is 0.305 e. The molecule has 0 saturated carbocycles. The molecular weight excluding hydrogens is 568 g/mol. The van der Waals surface area contributed by atoms with Crippen molar-refractivity contribution in [3.05, 3.63) is 0 Å². The predicted molar refractivity (Wildman–Crippen MR) is 197 cm³/mol. The molecule has 4 heteroatoms. The Hall–Kier alpha value is -0.610. The number of carbonyl (C=O) groups is 1. The fourth-order valence-corrected chi connectivity index (χ4v) is 7.48. The number of hydrogen-bond acceptors (Lipinski definition) is 4. The van der Waals surface area contributed by atoms with Gasteiger partial charge in [0.2, 0.25) is 0 Å². The molecule has 46 heavy (non-hydrogen) atoms. The normalized spacial score (nSPS) is 18.5. The van der Waals surface area contributed by atoms with E-state index in [-0.39, 0.29) is 12.1 Å². The van der Waals surface area contributed by atoms with Crippen molar-refractivity contribution in [1.29, 1.82) is 0 Å². The van der Waals surface area contributed by atoms with Gasteiger partial charge in [-0.25, -0.2) is 0 Å². The Morgan fingerprint density at radius 2 is 0.848 bits per heavy atom. The van der Waals surface area contributed by atoms with E-state index >= 15 is 0 Å². The summed E-state index contributed by atoms with van der Waals surface area (Å²) in [5, 5.41) is 0. The smallest absolute Gasteiger partial charge is 0.305 e. The topological polar surface area (TPSA) is 51.4 Å². The molecule has 0 spiro atoms. The summed E-state index contributed by atoms with van der Waals surface area (Å²) in [4.78, 5) is 11.9. The van der Waals surface area contributed by atoms with Crippen LogP contribution in [0.5, 0.6) is 0 Å². The number of epoxide rings is 2. The van der Waals surface area contributed by atoms with Gasteiger partial charge in [-0.3, -0.25) is 4.79 Å². The quantitative estimate of drug-likeness (QED) is 0.0382. The predicted octanol–water partition coefficient (Wildman–Crippen LogP) is 13.1. The minimum absolute atomic E-state index is 0.0421. The van der Waals surface area contributed by atoms with Crippen LogP contribution in [0.3, 0.4) is 0 Å². The first-order valence-electron chi connectivity index (χ1n) is 21.1. The van der Waals surface area contributed by atoms with E-state index < -0.39 is 0 Å². The van der Waals surface area contributed by atoms with Crippen LogP contribution in [0.4, 0.5) is 0 Å². The highest BCUT2D eigenvalue weighted by Gasteiger charge is 2.24. The fraction of sp³-hybridized carbons (Fsp3) is 0.976. The number of rotatable bonds is 37. The van der Waals surface area contributed by atoms with E-state index in [1.807, 2.05) is 0 Å². The molecule has 0 radical (unpaired) electrons. The third-order valence-electron chi connectivity index (χ3n) is 10.8. The molecule has 4 unspecified atom stereocenters. The van der Waals surface area contributed by atoms with Gasteiger partial charge in [-0.2, -0.15) is 0 Å². The summed E-state index contributed by atoms with van der Waals surface area (Å²) >= 11 is 0. The van der Waals surface area contributed by atoms with Crippen LogP contribution >= 0.6 is 0 Å². The Bertz CT molecular complexity index is 658. The van der Waals surface area contributed by atoms with Crippen molar-refractivity contribution in [1.82, 2.24) is 0 Å². The summed E-state index contributed by atoms with van der Waals surface area (Å²) in [7, 11) is 0. The van der Waals surface area contributed by atoms with Gasteiger partial charge in [0.25, 0.3) is 0 Å². The molecule has 2 saturated heterocycles. The van der Waals surface area contributed by atoms with Gasteiger partial charge in [-0.05, 0) is 24.7 Å². The molecule has 4 atom stereocenters. The van der Waals surface area contributed by atoms with Crippen molar-refractivity contribution in [3.63, 3.8) is 0 Å². The first kappa shape index (κ1) is 41.6. The molecule has 0 aromatic carbocycles. The number of ether oxygens (including phenoxy) is 3. The number of esters is 1. The highest BCUT2D eigenvalue weighted by molar-refractivity contribution is 5.69. The average molecular weight is 649 g/mol. The first-order valence-corrected chi connectivity index (χ1v) is 21.1. The lowest BCUT2D eigenvalue weighted by Crippen LogP contribution is -2.16. The van der Waals surface area contributed by atoms with Gasteiger partial charge in [0.05, 0.1) is 19.3 Å². The highest BCUT2D eigenvalue weighted by Crippen LogP contribution is 2.34. The summed E-state index contributed by atoms with van der Waals surface area (Å²) < 4.78 is 15.8. The Morgan fingerprint density at radius 1 is 0.500 bits per heavy atom. The molecule has 0 aromatic heterocycles. The third-order valence-corrected chi connectivity index (χ3v) is 10.8. The highest BCUT2D eigenvalue weighted by atomic mass is 16.6. The van der Waals surface area contributed by atoms with Gasteiger partial charge in [0, 0.05) is 6.42 Å². The maximum atomic E-state index is 11.9. The molecule has 4 nitrogen and oxygen atoms in total. The molecule has 0 aromatic rings. The molecule has 0 bridgehead atoms. The van der Waals surface area contributed by atoms with E-state index in [1.54, 1.807) is 0 Å². The zero-order chi connectivity index (χ0) is 32.8. The second kappa shape index (κ2) is 30.4. The third kappa shape index (κ3) is 26.4. The SMILES string of the molecule is CCCCCCCCC(CCCCCCCCCCC1CO1)C(CCCCCCCC)CCCCCCCCC(=O)OCC1CO1. The molecular formula is C42H80O4. The summed E-state index contributed by atoms with van der Waals surface area (Å²) in [5.74, 6) is 1.86. The Balaban J connectivity index is 1.68. The Morgan fingerprint density at radius 3 is 1.24 bits per heavy atom. The van der Waals surface area contributed by atoms with E-state index in [1.165, 1.54) is 186 Å². The Kier molecular flexibility index (Phi) is 27.5. The van der Waals surface area contributed by atoms with Crippen molar-refractivity contribution in [2.75, 3.05) is 19.8 Å². The van der Waals surface area contributed by atoms with Crippen molar-refractivity contribution >= 4 is 5.97 Å². The standard InChI is InChI=1S/C42H80O4/c1-3-5-7-9-17-23-29-38(31-25-19-13-11-12-14-21-27-33-40-35-44-40)39(30-24-18-10-8-6-4-2)32-26-20-15-16-22-28-34-42(43)46-37-41-36-45-41/h38-41H,3-37H2,1-2H3. The van der Waals surface area contributed by atoms with E-state index in [2.05, 4.69) is 13.8 Å². The second-order valence-corrected chi connectivity index (χ2v) is 15.3. The summed E-state index contributed by atoms with van der Waals surface area (Å²) in [6.45, 7) is 6.89. The molecule has 272 valence electrons. The maximum absolute atomic E-state index is 11.9. The van der Waals surface area contributed by atoms with Crippen LogP contribution in [-0.2, 0) is 19.0 Å². The van der Waals surface area contributed by atoms with Crippen LogP contribution in [0.25, 0.3) is 0 Å². The van der Waals surface area contributed by atoms with Crippen LogP contribution in [0.2, 0.25) is 0 Å². The first-order chi connectivity index (χ1) is 22.7. The molecule has 0 amide bonds. The lowest BCUT2D eigenvalue weighted by molar-refractivity contribution is -0.144. The van der Waals surface area contributed by atoms with Gasteiger partial charge >= 0.3 is 5.97 Å². The second-order valence-electron chi connectivity index (χ2n) is 15.3. The fourth-order valence-electron chi connectivity index (χ4n) is 7.48. The van der Waals surface area contributed by atoms with Gasteiger partial charge in [0.1, 0.15) is 12.7 Å². The monoisotopic (exact) mass is 649 g/mol. The van der Waals surface area contributed by atoms with Gasteiger partial charge < -0.3 is 14.2 Å². The molecule has 0 N–H and O–H groups in total. The van der Waals surface area contributed by atoms with Crippen LogP contribution in [0, 0.1) is 11.8 Å². The summed E-state index contributed by atoms with van der Waals surface area (Å²) in [6, 6.07) is 0. The van der Waals surface area contributed by atoms with E-state index in [0.29, 0.717) is 19.1 Å². The van der Waals surface area contributed by atoms with Crippen molar-refractivity contribution in [2.24, 2.45) is 11.8 Å². The van der Waals surface area contributed by atoms with Crippen LogP contribution in [-0.4, -0.2) is 38.0 Å². The minimum Gasteiger partial charge on any atom is -0.463 e. The molecule has 2 aliphatic heterocycles. The van der Waals surface area contributed by atoms with Gasteiger partial charge in [0.15, 0.2) is 0 Å². The molecule has 0 aliphatic carbocycles. The minimum atomic E-state index is -0.0421. The van der Waals surface area contributed by atoms with E-state index in [4.69, 9.17) is 14.2 Å². The van der Waals surface area contributed by atoms with Crippen molar-refractivity contribution in [2.45, 2.75) is 232 Å². The zero-order valence-electron chi connectivity index (χ0n) is 31.2. The van der Waals surface area contributed by atoms with Crippen LogP contribution < -0.4 is 0 Å². The van der Waals surface area contributed by atoms with E-state index in [9.17, 15) is 4.79 Å². The molecule has 2 rings (SSSR count). The number of unbranched alkanes of at least 4 members (excludes halogenated alkanes) is 22. The zero-order valence-corrected chi connectivity index (χ0v) is 31.2. The van der Waals surface area contributed by atoms with E-state index in [0.717, 1.165) is 37.9 Å². The summed E-state index contributed by atoms with van der Waals surface area (Å²) in [5.41, 5.74) is 0. The Labute approximate surface area is 287 Å². The lowest BCUT2D eigenvalue weighted by Gasteiger charge is -2.28. The van der Waals surface area contributed by atoms with Crippen molar-refractivity contribution < 1.29 is 19.0 Å².